The molecule has 0 aliphatic heterocycles. The summed E-state index contributed by atoms with van der Waals surface area (Å²) in [6, 6.07) is 5.46. The molecule has 9 nitrogen and oxygen atoms in total. The zero-order valence-corrected chi connectivity index (χ0v) is 25.2. The van der Waals surface area contributed by atoms with E-state index in [1.54, 1.807) is 6.21 Å². The summed E-state index contributed by atoms with van der Waals surface area (Å²) in [5, 5.41) is 0. The first-order valence-electron chi connectivity index (χ1n) is 13.3. The lowest BCUT2D eigenvalue weighted by atomic mass is 10.3. The smallest absolute Gasteiger partial charge is 0.374 e. The van der Waals surface area contributed by atoms with E-state index in [0.717, 1.165) is 36.2 Å². The van der Waals surface area contributed by atoms with Crippen LogP contribution >= 0.6 is 0 Å². The monoisotopic (exact) mass is 541 g/mol. The third-order valence-corrected chi connectivity index (χ3v) is 11.3. The molecule has 1 rings (SSSR count). The van der Waals surface area contributed by atoms with Crippen molar-refractivity contribution in [1.82, 2.24) is 4.98 Å². The molecule has 0 aliphatic carbocycles. The molecule has 36 heavy (non-hydrogen) atoms. The second kappa shape index (κ2) is 19.7. The van der Waals surface area contributed by atoms with E-state index in [9.17, 15) is 0 Å². The van der Waals surface area contributed by atoms with Crippen molar-refractivity contribution in [3.8, 4) is 0 Å². The number of aliphatic imine (C=N–C) groups is 2. The quantitative estimate of drug-likeness (QED) is 0.118. The highest BCUT2D eigenvalue weighted by Crippen LogP contribution is 2.19. The molecule has 0 N–H and O–H groups in total. The lowest BCUT2D eigenvalue weighted by Gasteiger charge is -2.28. The fraction of sp³-hybridized carbons (Fsp3) is 0.720. The van der Waals surface area contributed by atoms with Crippen LogP contribution in [-0.4, -0.2) is 87.8 Å². The molecule has 1 aromatic rings. The molecule has 0 amide bonds. The van der Waals surface area contributed by atoms with Crippen LogP contribution in [0.3, 0.4) is 0 Å². The zero-order valence-electron chi connectivity index (χ0n) is 23.2. The molecule has 0 spiro atoms. The standard InChI is InChI=1S/C25H47N3O6Si2/c1-7-29-35(30-8-2,31-9-3)19-13-17-26-21-24-15-16-25(28-22-24)23-27-18-14-20-36(32-10-4,33-11-5)34-12-6/h15-16,21-23H,7-14,17-20H2,1-6H3. The van der Waals surface area contributed by atoms with Crippen LogP contribution in [0.4, 0.5) is 0 Å². The summed E-state index contributed by atoms with van der Waals surface area (Å²) in [5.74, 6) is 0. The lowest BCUT2D eigenvalue weighted by Crippen LogP contribution is -2.46. The van der Waals surface area contributed by atoms with Gasteiger partial charge in [-0.2, -0.15) is 0 Å². The fourth-order valence-corrected chi connectivity index (χ4v) is 8.86. The molecule has 0 radical (unpaired) electrons. The zero-order chi connectivity index (χ0) is 26.5. The van der Waals surface area contributed by atoms with Gasteiger partial charge < -0.3 is 26.6 Å². The molecule has 1 heterocycles. The minimum absolute atomic E-state index is 0.589. The highest BCUT2D eigenvalue weighted by atomic mass is 28.4. The Kier molecular flexibility index (Phi) is 17.9. The highest BCUT2D eigenvalue weighted by molar-refractivity contribution is 6.61. The number of hydrogen-bond acceptors (Lipinski definition) is 9. The first-order chi connectivity index (χ1) is 17.5. The molecule has 0 aliphatic rings. The van der Waals surface area contributed by atoms with Crippen molar-refractivity contribution in [1.29, 1.82) is 0 Å². The Bertz CT molecular complexity index is 642. The summed E-state index contributed by atoms with van der Waals surface area (Å²) < 4.78 is 35.3. The van der Waals surface area contributed by atoms with Crippen molar-refractivity contribution in [2.75, 3.05) is 52.7 Å². The molecular formula is C25H47N3O6Si2. The number of nitrogens with zero attached hydrogens (tertiary/aromatic N) is 3. The van der Waals surface area contributed by atoms with Gasteiger partial charge >= 0.3 is 17.6 Å². The van der Waals surface area contributed by atoms with E-state index in [4.69, 9.17) is 26.6 Å². The number of pyridine rings is 1. The Hall–Kier alpha value is -1.32. The molecule has 0 saturated carbocycles. The van der Waals surface area contributed by atoms with Gasteiger partial charge in [0.15, 0.2) is 0 Å². The molecule has 1 aromatic heterocycles. The minimum Gasteiger partial charge on any atom is -0.374 e. The Morgan fingerprint density at radius 3 is 1.42 bits per heavy atom. The lowest BCUT2D eigenvalue weighted by molar-refractivity contribution is 0.0702. The van der Waals surface area contributed by atoms with Gasteiger partial charge in [-0.15, -0.1) is 0 Å². The van der Waals surface area contributed by atoms with E-state index in [1.165, 1.54) is 0 Å². The van der Waals surface area contributed by atoms with Crippen molar-refractivity contribution in [2.45, 2.75) is 66.5 Å². The summed E-state index contributed by atoms with van der Waals surface area (Å²) in [4.78, 5) is 13.5. The number of hydrogen-bond donors (Lipinski definition) is 0. The van der Waals surface area contributed by atoms with Gasteiger partial charge in [0.2, 0.25) is 0 Å². The first kappa shape index (κ1) is 32.7. The van der Waals surface area contributed by atoms with E-state index < -0.39 is 17.6 Å². The second-order valence-corrected chi connectivity index (χ2v) is 13.2. The van der Waals surface area contributed by atoms with E-state index in [-0.39, 0.29) is 0 Å². The summed E-state index contributed by atoms with van der Waals surface area (Å²) in [6.07, 6.45) is 7.14. The molecule has 0 bridgehead atoms. The summed E-state index contributed by atoms with van der Waals surface area (Å²) in [5.41, 5.74) is 1.77. The molecule has 206 valence electrons. The van der Waals surface area contributed by atoms with E-state index in [0.29, 0.717) is 52.7 Å². The Labute approximate surface area is 220 Å². The van der Waals surface area contributed by atoms with Crippen molar-refractivity contribution in [3.63, 3.8) is 0 Å². The molecule has 0 unspecified atom stereocenters. The average Bonchev–Trinajstić information content (AvgIpc) is 2.85. The fourth-order valence-electron chi connectivity index (χ4n) is 3.67. The predicted octanol–water partition coefficient (Wildman–Crippen LogP) is 4.80. The van der Waals surface area contributed by atoms with E-state index in [2.05, 4.69) is 15.0 Å². The maximum Gasteiger partial charge on any atom is 0.500 e. The molecular weight excluding hydrogens is 494 g/mol. The molecule has 0 atom stereocenters. The van der Waals surface area contributed by atoms with Crippen LogP contribution in [0.5, 0.6) is 0 Å². The normalized spacial score (nSPS) is 12.8. The molecule has 11 heteroatoms. The molecule has 0 fully saturated rings. The van der Waals surface area contributed by atoms with Crippen LogP contribution in [0.1, 0.15) is 65.6 Å². The van der Waals surface area contributed by atoms with Crippen LogP contribution in [0.25, 0.3) is 0 Å². The van der Waals surface area contributed by atoms with Crippen LogP contribution in [-0.2, 0) is 26.6 Å². The average molecular weight is 542 g/mol. The largest absolute Gasteiger partial charge is 0.500 e. The highest BCUT2D eigenvalue weighted by Gasteiger charge is 2.40. The Morgan fingerprint density at radius 1 is 0.639 bits per heavy atom. The Morgan fingerprint density at radius 2 is 1.06 bits per heavy atom. The maximum atomic E-state index is 5.89. The molecule has 0 aromatic carbocycles. The van der Waals surface area contributed by atoms with Gasteiger partial charge in [0.25, 0.3) is 0 Å². The van der Waals surface area contributed by atoms with Gasteiger partial charge in [-0.25, -0.2) is 0 Å². The summed E-state index contributed by atoms with van der Waals surface area (Å²) in [7, 11) is -5.19. The third kappa shape index (κ3) is 12.8. The van der Waals surface area contributed by atoms with Gasteiger partial charge in [-0.1, -0.05) is 0 Å². The summed E-state index contributed by atoms with van der Waals surface area (Å²) >= 11 is 0. The number of rotatable bonds is 22. The van der Waals surface area contributed by atoms with Crippen molar-refractivity contribution < 1.29 is 26.6 Å². The predicted molar refractivity (Wildman–Crippen MR) is 149 cm³/mol. The van der Waals surface area contributed by atoms with Crippen LogP contribution in [0, 0.1) is 0 Å². The van der Waals surface area contributed by atoms with Gasteiger partial charge in [-0.3, -0.25) is 15.0 Å². The minimum atomic E-state index is -2.60. The topological polar surface area (TPSA) is 93.0 Å². The van der Waals surface area contributed by atoms with Gasteiger partial charge in [0.1, 0.15) is 0 Å². The van der Waals surface area contributed by atoms with Crippen LogP contribution in [0.2, 0.25) is 12.1 Å². The van der Waals surface area contributed by atoms with Gasteiger partial charge in [-0.05, 0) is 66.5 Å². The summed E-state index contributed by atoms with van der Waals surface area (Å²) in [6.45, 7) is 16.7. The SMILES string of the molecule is CCO[Si](CCCN=Cc1ccc(C=NCCC[Si](OCC)(OCC)OCC)nc1)(OCC)OCC. The van der Waals surface area contributed by atoms with Gasteiger partial charge in [0.05, 0.1) is 5.69 Å². The molecule has 0 saturated heterocycles. The maximum absolute atomic E-state index is 5.89. The van der Waals surface area contributed by atoms with Crippen molar-refractivity contribution >= 4 is 30.0 Å². The first-order valence-corrected chi connectivity index (χ1v) is 17.2. The Balaban J connectivity index is 2.49. The van der Waals surface area contributed by atoms with Crippen molar-refractivity contribution in [2.24, 2.45) is 9.98 Å². The number of aromatic nitrogens is 1. The third-order valence-electron chi connectivity index (χ3n) is 5.00. The second-order valence-electron chi connectivity index (χ2n) is 7.76. The van der Waals surface area contributed by atoms with E-state index in [1.807, 2.05) is 66.1 Å². The van der Waals surface area contributed by atoms with Gasteiger partial charge in [0, 0.05) is 89.0 Å². The van der Waals surface area contributed by atoms with Crippen LogP contribution in [0.15, 0.2) is 28.3 Å². The van der Waals surface area contributed by atoms with Crippen LogP contribution < -0.4 is 0 Å². The van der Waals surface area contributed by atoms with E-state index >= 15 is 0 Å². The van der Waals surface area contributed by atoms with Crippen molar-refractivity contribution in [3.05, 3.63) is 29.6 Å².